The first kappa shape index (κ1) is 20.4. The van der Waals surface area contributed by atoms with Crippen LogP contribution >= 0.6 is 0 Å². The van der Waals surface area contributed by atoms with Crippen molar-refractivity contribution >= 4 is 0 Å². The van der Waals surface area contributed by atoms with E-state index in [1.165, 1.54) is 11.1 Å². The first-order valence-electron chi connectivity index (χ1n) is 11.0. The molecule has 0 aromatic carbocycles. The number of piperidine rings is 2. The molecule has 0 amide bonds. The Bertz CT molecular complexity index is 887. The molecule has 2 bridgehead atoms. The maximum absolute atomic E-state index is 12.4. The van der Waals surface area contributed by atoms with Gasteiger partial charge in [0, 0.05) is 24.6 Å². The summed E-state index contributed by atoms with van der Waals surface area (Å²) in [6.07, 6.45) is 5.60. The summed E-state index contributed by atoms with van der Waals surface area (Å²) in [4.78, 5) is 14.9. The fraction of sp³-hybridized carbons (Fsp3) is 0.652. The molecule has 6 heteroatoms. The molecule has 2 fully saturated rings. The lowest BCUT2D eigenvalue weighted by atomic mass is 9.75. The molecule has 4 heterocycles. The van der Waals surface area contributed by atoms with Crippen LogP contribution in [0.15, 0.2) is 33.5 Å². The highest BCUT2D eigenvalue weighted by molar-refractivity contribution is 5.10. The maximum atomic E-state index is 12.4. The predicted octanol–water partition coefficient (Wildman–Crippen LogP) is 3.47. The first-order chi connectivity index (χ1) is 13.9. The number of fused-ring (bicyclic) bond motifs is 2. The third-order valence-electron chi connectivity index (χ3n) is 6.57. The summed E-state index contributed by atoms with van der Waals surface area (Å²) in [5, 5.41) is 16.0. The molecule has 1 N–H and O–H groups in total. The Labute approximate surface area is 172 Å². The lowest BCUT2D eigenvalue weighted by Crippen LogP contribution is -2.59. The number of hydrogen-bond acceptors (Lipinski definition) is 5. The third-order valence-corrected chi connectivity index (χ3v) is 6.57. The first-order valence-corrected chi connectivity index (χ1v) is 11.0. The molecule has 0 aliphatic carbocycles. The van der Waals surface area contributed by atoms with Crippen LogP contribution in [0.5, 0.6) is 0 Å². The molecule has 2 unspecified atom stereocenters. The zero-order valence-electron chi connectivity index (χ0n) is 17.8. The van der Waals surface area contributed by atoms with Crippen LogP contribution in [0.2, 0.25) is 0 Å². The van der Waals surface area contributed by atoms with E-state index in [1.54, 1.807) is 12.1 Å². The van der Waals surface area contributed by atoms with E-state index >= 15 is 0 Å². The standard InChI is InChI=1S/C23H33N3O3/c1-4-19-8-9-20(29-19)14-25-17-6-5-7-18(25)13-23(28,12-17)15-26-22(27)11-10-21(24-26)16(2)3/h8-11,16-18,28H,4-7,12-15H2,1-3H3. The van der Waals surface area contributed by atoms with Crippen LogP contribution in [0.25, 0.3) is 0 Å². The monoisotopic (exact) mass is 399 g/mol. The van der Waals surface area contributed by atoms with Crippen LogP contribution < -0.4 is 5.56 Å². The molecular weight excluding hydrogens is 366 g/mol. The average molecular weight is 400 g/mol. The largest absolute Gasteiger partial charge is 0.465 e. The molecule has 0 saturated carbocycles. The molecule has 2 aliphatic rings. The molecule has 4 rings (SSSR count). The van der Waals surface area contributed by atoms with E-state index < -0.39 is 5.60 Å². The van der Waals surface area contributed by atoms with Gasteiger partial charge in [-0.25, -0.2) is 4.68 Å². The van der Waals surface area contributed by atoms with E-state index in [0.717, 1.165) is 43.0 Å². The Morgan fingerprint density at radius 2 is 1.86 bits per heavy atom. The Kier molecular flexibility index (Phi) is 5.67. The van der Waals surface area contributed by atoms with Gasteiger partial charge in [0.1, 0.15) is 11.5 Å². The van der Waals surface area contributed by atoms with Gasteiger partial charge in [0.25, 0.3) is 5.56 Å². The molecule has 2 aromatic rings. The second-order valence-electron chi connectivity index (χ2n) is 9.17. The Morgan fingerprint density at radius 3 is 2.48 bits per heavy atom. The molecular formula is C23H33N3O3. The van der Waals surface area contributed by atoms with E-state index in [2.05, 4.69) is 42.9 Å². The zero-order chi connectivity index (χ0) is 20.6. The van der Waals surface area contributed by atoms with E-state index in [-0.39, 0.29) is 18.0 Å². The molecule has 2 aliphatic heterocycles. The second kappa shape index (κ2) is 8.07. The number of furan rings is 1. The van der Waals surface area contributed by atoms with Gasteiger partial charge in [-0.1, -0.05) is 27.2 Å². The molecule has 0 spiro atoms. The minimum Gasteiger partial charge on any atom is -0.465 e. The van der Waals surface area contributed by atoms with Crippen LogP contribution in [0.3, 0.4) is 0 Å². The number of nitrogens with zero attached hydrogens (tertiary/aromatic N) is 3. The molecule has 158 valence electrons. The Morgan fingerprint density at radius 1 is 1.17 bits per heavy atom. The molecule has 2 aromatic heterocycles. The van der Waals surface area contributed by atoms with Gasteiger partial charge in [-0.2, -0.15) is 5.10 Å². The van der Waals surface area contributed by atoms with Gasteiger partial charge >= 0.3 is 0 Å². The Balaban J connectivity index is 1.51. The number of aromatic nitrogens is 2. The zero-order valence-corrected chi connectivity index (χ0v) is 17.8. The van der Waals surface area contributed by atoms with E-state index in [1.807, 2.05) is 0 Å². The molecule has 2 atom stereocenters. The summed E-state index contributed by atoms with van der Waals surface area (Å²) in [5.41, 5.74) is -0.148. The summed E-state index contributed by atoms with van der Waals surface area (Å²) >= 11 is 0. The van der Waals surface area contributed by atoms with Crippen LogP contribution in [-0.2, 0) is 19.5 Å². The van der Waals surface area contributed by atoms with Crippen LogP contribution in [0.4, 0.5) is 0 Å². The van der Waals surface area contributed by atoms with Crippen molar-refractivity contribution in [2.24, 2.45) is 0 Å². The van der Waals surface area contributed by atoms with Gasteiger partial charge in [-0.05, 0) is 49.8 Å². The smallest absolute Gasteiger partial charge is 0.266 e. The molecule has 6 nitrogen and oxygen atoms in total. The van der Waals surface area contributed by atoms with Crippen molar-refractivity contribution in [1.29, 1.82) is 0 Å². The van der Waals surface area contributed by atoms with Gasteiger partial charge in [-0.15, -0.1) is 0 Å². The van der Waals surface area contributed by atoms with Gasteiger partial charge in [-0.3, -0.25) is 9.69 Å². The van der Waals surface area contributed by atoms with E-state index in [4.69, 9.17) is 4.42 Å². The normalized spacial score (nSPS) is 27.5. The van der Waals surface area contributed by atoms with Crippen molar-refractivity contribution < 1.29 is 9.52 Å². The summed E-state index contributed by atoms with van der Waals surface area (Å²) < 4.78 is 7.41. The van der Waals surface area contributed by atoms with Crippen molar-refractivity contribution in [3.63, 3.8) is 0 Å². The number of aryl methyl sites for hydroxylation is 1. The van der Waals surface area contributed by atoms with Crippen molar-refractivity contribution in [2.75, 3.05) is 0 Å². The second-order valence-corrected chi connectivity index (χ2v) is 9.17. The highest BCUT2D eigenvalue weighted by Crippen LogP contribution is 2.40. The minimum absolute atomic E-state index is 0.141. The third kappa shape index (κ3) is 4.33. The number of hydrogen-bond donors (Lipinski definition) is 1. The summed E-state index contributed by atoms with van der Waals surface area (Å²) in [7, 11) is 0. The van der Waals surface area contributed by atoms with E-state index in [0.29, 0.717) is 24.9 Å². The quantitative estimate of drug-likeness (QED) is 0.805. The van der Waals surface area contributed by atoms with E-state index in [9.17, 15) is 9.90 Å². The van der Waals surface area contributed by atoms with Gasteiger partial charge in [0.2, 0.25) is 0 Å². The highest BCUT2D eigenvalue weighted by Gasteiger charge is 2.46. The maximum Gasteiger partial charge on any atom is 0.266 e. The molecule has 0 radical (unpaired) electrons. The lowest BCUT2D eigenvalue weighted by Gasteiger charge is -2.51. The fourth-order valence-corrected chi connectivity index (χ4v) is 5.05. The van der Waals surface area contributed by atoms with Gasteiger partial charge < -0.3 is 9.52 Å². The van der Waals surface area contributed by atoms with Crippen molar-refractivity contribution in [2.45, 2.75) is 96.0 Å². The predicted molar refractivity (Wildman–Crippen MR) is 112 cm³/mol. The lowest BCUT2D eigenvalue weighted by molar-refractivity contribution is -0.106. The van der Waals surface area contributed by atoms with Gasteiger partial charge in [0.15, 0.2) is 0 Å². The fourth-order valence-electron chi connectivity index (χ4n) is 5.05. The number of rotatable bonds is 6. The van der Waals surface area contributed by atoms with Crippen molar-refractivity contribution in [3.8, 4) is 0 Å². The molecule has 29 heavy (non-hydrogen) atoms. The van der Waals surface area contributed by atoms with Crippen LogP contribution in [-0.4, -0.2) is 37.5 Å². The SMILES string of the molecule is CCc1ccc(CN2C3CCCC2CC(O)(Cn2nc(C(C)C)ccc2=O)C3)o1. The summed E-state index contributed by atoms with van der Waals surface area (Å²) in [5.74, 6) is 2.28. The highest BCUT2D eigenvalue weighted by atomic mass is 16.3. The Hall–Kier alpha value is -1.92. The van der Waals surface area contributed by atoms with Crippen LogP contribution in [0.1, 0.15) is 76.0 Å². The van der Waals surface area contributed by atoms with Gasteiger partial charge in [0.05, 0.1) is 24.4 Å². The summed E-state index contributed by atoms with van der Waals surface area (Å²) in [6.45, 7) is 7.30. The van der Waals surface area contributed by atoms with Crippen molar-refractivity contribution in [1.82, 2.24) is 14.7 Å². The average Bonchev–Trinajstić information content (AvgIpc) is 3.12. The minimum atomic E-state index is -0.892. The summed E-state index contributed by atoms with van der Waals surface area (Å²) in [6, 6.07) is 8.13. The number of aliphatic hydroxyl groups is 1. The van der Waals surface area contributed by atoms with Crippen LogP contribution in [0, 0.1) is 0 Å². The van der Waals surface area contributed by atoms with Crippen molar-refractivity contribution in [3.05, 3.63) is 51.8 Å². The topological polar surface area (TPSA) is 71.5 Å². The molecule has 2 saturated heterocycles.